The first-order chi connectivity index (χ1) is 25.7. The van der Waals surface area contributed by atoms with E-state index in [1.807, 2.05) is 80.8 Å². The molecule has 0 saturated carbocycles. The number of carboxylic acid groups (broad SMARTS) is 1. The molecule has 3 rings (SSSR count). The summed E-state index contributed by atoms with van der Waals surface area (Å²) in [6, 6.07) is 13.3. The lowest BCUT2D eigenvalue weighted by molar-refractivity contribution is -0.149. The number of carbonyl (C=O) groups excluding carboxylic acids is 5. The molecule has 6 atom stereocenters. The Balaban J connectivity index is 1.88. The first kappa shape index (κ1) is 44.0. The normalized spacial score (nSPS) is 16.8. The van der Waals surface area contributed by atoms with E-state index in [9.17, 15) is 33.9 Å². The summed E-state index contributed by atoms with van der Waals surface area (Å²) in [7, 11) is 1.51. The molecule has 13 nitrogen and oxygen atoms in total. The average molecular weight is 767 g/mol. The molecule has 0 aliphatic carbocycles. The van der Waals surface area contributed by atoms with E-state index in [4.69, 9.17) is 5.73 Å². The molecule has 0 radical (unpaired) electrons. The number of nitrogens with two attached hydrogens (primary N) is 1. The molecular formula is C40H58N6O7S. The lowest BCUT2D eigenvalue weighted by Gasteiger charge is -2.35. The van der Waals surface area contributed by atoms with E-state index >= 15 is 0 Å². The van der Waals surface area contributed by atoms with Crippen LogP contribution in [0.2, 0.25) is 0 Å². The third-order valence-electron chi connectivity index (χ3n) is 9.52. The van der Waals surface area contributed by atoms with Gasteiger partial charge in [-0.05, 0) is 68.1 Å². The average Bonchev–Trinajstić information content (AvgIpc) is 3.64. The molecule has 0 bridgehead atoms. The van der Waals surface area contributed by atoms with Gasteiger partial charge in [0.1, 0.15) is 30.2 Å². The highest BCUT2D eigenvalue weighted by Gasteiger charge is 2.42. The fraction of sp³-hybridized carbons (Fsp3) is 0.550. The van der Waals surface area contributed by atoms with Gasteiger partial charge < -0.3 is 36.6 Å². The van der Waals surface area contributed by atoms with Gasteiger partial charge in [-0.1, -0.05) is 74.5 Å². The smallest absolute Gasteiger partial charge is 0.326 e. The fourth-order valence-corrected chi connectivity index (χ4v) is 7.00. The minimum atomic E-state index is -1.15. The van der Waals surface area contributed by atoms with Crippen LogP contribution in [-0.2, 0) is 41.6 Å². The number of carbonyl (C=O) groups is 6. The molecule has 0 aromatic heterocycles. The number of likely N-dealkylation sites (tertiary alicyclic amines) is 1. The quantitative estimate of drug-likeness (QED) is 0.127. The summed E-state index contributed by atoms with van der Waals surface area (Å²) in [5.41, 5.74) is 7.48. The van der Waals surface area contributed by atoms with Crippen molar-refractivity contribution < 1.29 is 33.9 Å². The van der Waals surface area contributed by atoms with Crippen molar-refractivity contribution in [2.24, 2.45) is 11.7 Å². The van der Waals surface area contributed by atoms with E-state index in [1.165, 1.54) is 28.6 Å². The number of benzene rings is 2. The molecule has 14 heteroatoms. The summed E-state index contributed by atoms with van der Waals surface area (Å²) >= 11 is 1.47. The van der Waals surface area contributed by atoms with Gasteiger partial charge in [-0.25, -0.2) is 4.79 Å². The van der Waals surface area contributed by atoms with Crippen molar-refractivity contribution in [3.63, 3.8) is 0 Å². The second kappa shape index (κ2) is 22.1. The number of nitrogens with zero attached hydrogens (tertiary/aromatic N) is 2. The third kappa shape index (κ3) is 13.8. The van der Waals surface area contributed by atoms with Gasteiger partial charge >= 0.3 is 5.97 Å². The number of amides is 5. The van der Waals surface area contributed by atoms with E-state index in [-0.39, 0.29) is 56.5 Å². The van der Waals surface area contributed by atoms with Gasteiger partial charge in [-0.15, -0.1) is 0 Å². The van der Waals surface area contributed by atoms with Crippen LogP contribution in [0.5, 0.6) is 0 Å². The Morgan fingerprint density at radius 3 is 1.96 bits per heavy atom. The van der Waals surface area contributed by atoms with Crippen molar-refractivity contribution >= 4 is 47.3 Å². The molecule has 0 spiro atoms. The molecule has 6 N–H and O–H groups in total. The number of carboxylic acids is 1. The number of nitrogens with one attached hydrogen (secondary N) is 3. The Hall–Kier alpha value is -4.43. The third-order valence-corrected chi connectivity index (χ3v) is 10.2. The number of hydrogen-bond acceptors (Lipinski definition) is 8. The molecule has 1 aliphatic rings. The van der Waals surface area contributed by atoms with E-state index in [0.717, 1.165) is 11.1 Å². The molecular weight excluding hydrogens is 709 g/mol. The Labute approximate surface area is 323 Å². The summed E-state index contributed by atoms with van der Waals surface area (Å²) in [5.74, 6) is -2.94. The van der Waals surface area contributed by atoms with Gasteiger partial charge in [-0.3, -0.25) is 24.0 Å². The lowest BCUT2D eigenvalue weighted by Crippen LogP contribution is -2.59. The summed E-state index contributed by atoms with van der Waals surface area (Å²) in [5, 5.41) is 18.1. The van der Waals surface area contributed by atoms with Gasteiger partial charge in [-0.2, -0.15) is 11.8 Å². The zero-order valence-electron chi connectivity index (χ0n) is 32.2. The second-order valence-electron chi connectivity index (χ2n) is 14.5. The molecule has 1 unspecified atom stereocenters. The Bertz CT molecular complexity index is 1540. The first-order valence-electron chi connectivity index (χ1n) is 18.7. The van der Waals surface area contributed by atoms with Crippen LogP contribution in [0.1, 0.15) is 70.4 Å². The van der Waals surface area contributed by atoms with Gasteiger partial charge in [0, 0.05) is 38.9 Å². The van der Waals surface area contributed by atoms with Crippen molar-refractivity contribution in [2.45, 2.75) is 108 Å². The van der Waals surface area contributed by atoms with Crippen LogP contribution < -0.4 is 21.7 Å². The van der Waals surface area contributed by atoms with Gasteiger partial charge in [0.05, 0.1) is 0 Å². The Morgan fingerprint density at radius 1 is 0.852 bits per heavy atom. The van der Waals surface area contributed by atoms with Crippen molar-refractivity contribution in [1.29, 1.82) is 0 Å². The lowest BCUT2D eigenvalue weighted by atomic mass is 9.99. The minimum Gasteiger partial charge on any atom is -0.480 e. The van der Waals surface area contributed by atoms with E-state index < -0.39 is 59.8 Å². The molecule has 1 aliphatic heterocycles. The number of rotatable bonds is 21. The minimum absolute atomic E-state index is 0.000262. The highest BCUT2D eigenvalue weighted by molar-refractivity contribution is 7.98. The topological polar surface area (TPSA) is 191 Å². The van der Waals surface area contributed by atoms with Crippen molar-refractivity contribution in [1.82, 2.24) is 25.8 Å². The van der Waals surface area contributed by atoms with Gasteiger partial charge in [0.15, 0.2) is 0 Å². The van der Waals surface area contributed by atoms with Crippen molar-refractivity contribution in [3.8, 4) is 0 Å². The van der Waals surface area contributed by atoms with E-state index in [0.29, 0.717) is 25.0 Å². The second-order valence-corrected chi connectivity index (χ2v) is 15.5. The van der Waals surface area contributed by atoms with E-state index in [2.05, 4.69) is 16.0 Å². The van der Waals surface area contributed by atoms with Crippen molar-refractivity contribution in [3.05, 3.63) is 71.8 Å². The van der Waals surface area contributed by atoms with Crippen molar-refractivity contribution in [2.75, 3.05) is 25.6 Å². The predicted octanol–water partition coefficient (Wildman–Crippen LogP) is 2.76. The monoisotopic (exact) mass is 766 g/mol. The number of thioether (sulfide) groups is 1. The maximum absolute atomic E-state index is 14.5. The fourth-order valence-electron chi connectivity index (χ4n) is 6.53. The molecule has 1 heterocycles. The van der Waals surface area contributed by atoms with Gasteiger partial charge in [0.25, 0.3) is 0 Å². The maximum atomic E-state index is 14.5. The maximum Gasteiger partial charge on any atom is 0.326 e. The number of likely N-dealkylation sites (N-methyl/N-ethyl adjacent to an activating group) is 1. The zero-order chi connectivity index (χ0) is 39.8. The standard InChI is InChI=1S/C40H58N6O7S/c1-26(2)23-34(37(49)43-30(40(52)53)20-22-54-5)45(4)39(51)33-17-12-21-46(33)38(50)32(25-29-15-10-7-11-16-29)44-36(48)31(24-28-13-8-6-9-14-28)42-35(47)19-18-27(3)41/h6-11,13-16,26-27,30-34H,12,17-25,41H2,1-5H3,(H,42,47)(H,43,49)(H,44,48)(H,52,53)/t27?,30-,31-,32-,33-,34-/m0/s1. The number of aliphatic carboxylic acids is 1. The molecule has 296 valence electrons. The largest absolute Gasteiger partial charge is 0.480 e. The first-order valence-corrected chi connectivity index (χ1v) is 20.1. The number of hydrogen-bond donors (Lipinski definition) is 5. The van der Waals surface area contributed by atoms with Gasteiger partial charge in [0.2, 0.25) is 29.5 Å². The van der Waals surface area contributed by atoms with Crippen LogP contribution in [-0.4, -0.2) is 112 Å². The highest BCUT2D eigenvalue weighted by atomic mass is 32.2. The van der Waals surface area contributed by atoms with Crippen LogP contribution in [0.25, 0.3) is 0 Å². The SMILES string of the molecule is CSCC[C@H](NC(=O)[C@H](CC(C)C)N(C)C(=O)[C@@H]1CCCN1C(=O)[C@H](Cc1ccccc1)NC(=O)[C@H](Cc1ccccc1)NC(=O)CCC(C)N)C(=O)O. The summed E-state index contributed by atoms with van der Waals surface area (Å²) in [6.45, 7) is 5.89. The van der Waals surface area contributed by atoms with E-state index in [1.54, 1.807) is 6.92 Å². The van der Waals surface area contributed by atoms with Crippen LogP contribution in [0, 0.1) is 5.92 Å². The Morgan fingerprint density at radius 2 is 1.43 bits per heavy atom. The molecule has 2 aromatic rings. The summed E-state index contributed by atoms with van der Waals surface area (Å²) < 4.78 is 0. The summed E-state index contributed by atoms with van der Waals surface area (Å²) in [6.07, 6.45) is 4.17. The highest BCUT2D eigenvalue weighted by Crippen LogP contribution is 2.24. The van der Waals surface area contributed by atoms with Crippen LogP contribution in [0.3, 0.4) is 0 Å². The molecule has 1 saturated heterocycles. The molecule has 2 aromatic carbocycles. The van der Waals surface area contributed by atoms with Crippen LogP contribution in [0.4, 0.5) is 0 Å². The Kier molecular flexibility index (Phi) is 18.0. The predicted molar refractivity (Wildman–Crippen MR) is 210 cm³/mol. The molecule has 1 fully saturated rings. The van der Waals surface area contributed by atoms with Crippen LogP contribution in [0.15, 0.2) is 60.7 Å². The molecule has 54 heavy (non-hydrogen) atoms. The zero-order valence-corrected chi connectivity index (χ0v) is 33.0. The molecule has 5 amide bonds. The summed E-state index contributed by atoms with van der Waals surface area (Å²) in [4.78, 5) is 84.0. The van der Waals surface area contributed by atoms with Crippen LogP contribution >= 0.6 is 11.8 Å².